The molecule has 0 unspecified atom stereocenters. The van der Waals surface area contributed by atoms with Crippen LogP contribution in [-0.2, 0) is 11.3 Å². The van der Waals surface area contributed by atoms with Gasteiger partial charge in [-0.05, 0) is 41.1 Å². The lowest BCUT2D eigenvalue weighted by Gasteiger charge is -2.22. The fraction of sp³-hybridized carbons (Fsp3) is 0.0606. The summed E-state index contributed by atoms with van der Waals surface area (Å²) in [6.07, 6.45) is 1.56. The summed E-state index contributed by atoms with van der Waals surface area (Å²) in [4.78, 5) is 28.8. The van der Waals surface area contributed by atoms with E-state index in [2.05, 4.69) is 5.32 Å². The Balaban J connectivity index is 1.31. The van der Waals surface area contributed by atoms with Gasteiger partial charge in [-0.3, -0.25) is 9.59 Å². The normalized spacial score (nSPS) is 10.9. The summed E-state index contributed by atoms with van der Waals surface area (Å²) in [5, 5.41) is 9.54. The molecule has 7 nitrogen and oxygen atoms in total. The van der Waals surface area contributed by atoms with Gasteiger partial charge in [0.15, 0.2) is 0 Å². The minimum Gasteiger partial charge on any atom is -0.467 e. The number of nitrogens with zero attached hydrogens (tertiary/aromatic N) is 3. The lowest BCUT2D eigenvalue weighted by molar-refractivity contribution is -0.117. The van der Waals surface area contributed by atoms with Crippen LogP contribution in [0.1, 0.15) is 16.1 Å². The smallest absolute Gasteiger partial charge is 0.255 e. The summed E-state index contributed by atoms with van der Waals surface area (Å²) in [6, 6.07) is 38.1. The molecule has 2 heterocycles. The predicted molar refractivity (Wildman–Crippen MR) is 155 cm³/mol. The first-order chi connectivity index (χ1) is 19.7. The van der Waals surface area contributed by atoms with E-state index in [9.17, 15) is 9.59 Å². The molecule has 0 aliphatic carbocycles. The molecule has 6 rings (SSSR count). The Kier molecular flexibility index (Phi) is 6.92. The van der Waals surface area contributed by atoms with Crippen molar-refractivity contribution in [2.45, 2.75) is 6.54 Å². The molecule has 0 saturated heterocycles. The number of aromatic nitrogens is 2. The molecular weight excluding hydrogens is 500 g/mol. The van der Waals surface area contributed by atoms with Crippen molar-refractivity contribution in [3.05, 3.63) is 139 Å². The van der Waals surface area contributed by atoms with Gasteiger partial charge in [-0.15, -0.1) is 0 Å². The van der Waals surface area contributed by atoms with Gasteiger partial charge in [-0.1, -0.05) is 84.9 Å². The summed E-state index contributed by atoms with van der Waals surface area (Å²) < 4.78 is 7.22. The van der Waals surface area contributed by atoms with Crippen molar-refractivity contribution in [3.8, 4) is 16.9 Å². The van der Waals surface area contributed by atoms with Crippen LogP contribution in [0.4, 0.5) is 5.82 Å². The number of amides is 2. The maximum absolute atomic E-state index is 13.8. The summed E-state index contributed by atoms with van der Waals surface area (Å²) in [6.45, 7) is -0.0287. The highest BCUT2D eigenvalue weighted by Gasteiger charge is 2.23. The number of carbonyl (C=O) groups is 2. The Labute approximate surface area is 231 Å². The molecule has 2 aromatic heterocycles. The Morgan fingerprint density at radius 3 is 2.30 bits per heavy atom. The zero-order valence-electron chi connectivity index (χ0n) is 21.6. The molecule has 0 spiro atoms. The molecule has 0 atom stereocenters. The summed E-state index contributed by atoms with van der Waals surface area (Å²) in [7, 11) is 0. The first-order valence-electron chi connectivity index (χ1n) is 13.0. The van der Waals surface area contributed by atoms with Crippen molar-refractivity contribution in [2.24, 2.45) is 0 Å². The molecule has 0 fully saturated rings. The molecule has 0 bridgehead atoms. The van der Waals surface area contributed by atoms with Gasteiger partial charge < -0.3 is 14.6 Å². The van der Waals surface area contributed by atoms with E-state index < -0.39 is 0 Å². The van der Waals surface area contributed by atoms with Crippen LogP contribution in [0.5, 0.6) is 0 Å². The number of benzene rings is 4. The number of furan rings is 1. The van der Waals surface area contributed by atoms with Gasteiger partial charge in [0.25, 0.3) is 5.91 Å². The highest BCUT2D eigenvalue weighted by molar-refractivity contribution is 6.08. The maximum Gasteiger partial charge on any atom is 0.255 e. The lowest BCUT2D eigenvalue weighted by atomic mass is 10.0. The summed E-state index contributed by atoms with van der Waals surface area (Å²) >= 11 is 0. The molecular formula is C33H26N4O3. The monoisotopic (exact) mass is 526 g/mol. The highest BCUT2D eigenvalue weighted by Crippen LogP contribution is 2.25. The van der Waals surface area contributed by atoms with E-state index in [0.717, 1.165) is 27.7 Å². The molecule has 0 aliphatic heterocycles. The van der Waals surface area contributed by atoms with Crippen molar-refractivity contribution >= 4 is 28.4 Å². The summed E-state index contributed by atoms with van der Waals surface area (Å²) in [5.74, 6) is 0.481. The number of hydrogen-bond donors (Lipinski definition) is 1. The van der Waals surface area contributed by atoms with Gasteiger partial charge in [-0.2, -0.15) is 5.10 Å². The van der Waals surface area contributed by atoms with Crippen LogP contribution in [0.3, 0.4) is 0 Å². The quantitative estimate of drug-likeness (QED) is 0.243. The number of hydrogen-bond acceptors (Lipinski definition) is 4. The number of nitrogens with one attached hydrogen (secondary N) is 1. The Hall–Kier alpha value is -5.43. The molecule has 2 amide bonds. The van der Waals surface area contributed by atoms with Crippen molar-refractivity contribution < 1.29 is 14.0 Å². The van der Waals surface area contributed by atoms with E-state index in [1.165, 1.54) is 4.90 Å². The van der Waals surface area contributed by atoms with Crippen LogP contribution in [0.25, 0.3) is 27.7 Å². The number of rotatable bonds is 8. The fourth-order valence-electron chi connectivity index (χ4n) is 4.71. The minimum atomic E-state index is -0.350. The van der Waals surface area contributed by atoms with Gasteiger partial charge in [0.1, 0.15) is 18.1 Å². The van der Waals surface area contributed by atoms with E-state index in [1.54, 1.807) is 29.1 Å². The second kappa shape index (κ2) is 11.1. The number of fused-ring (bicyclic) bond motifs is 1. The average molecular weight is 527 g/mol. The molecule has 196 valence electrons. The first kappa shape index (κ1) is 24.9. The molecule has 7 heteroatoms. The van der Waals surface area contributed by atoms with Crippen molar-refractivity contribution in [1.29, 1.82) is 0 Å². The van der Waals surface area contributed by atoms with Crippen LogP contribution in [0, 0.1) is 0 Å². The minimum absolute atomic E-state index is 0.148. The Morgan fingerprint density at radius 1 is 0.800 bits per heavy atom. The number of anilines is 1. The predicted octanol–water partition coefficient (Wildman–Crippen LogP) is 6.57. The van der Waals surface area contributed by atoms with Crippen LogP contribution < -0.4 is 5.32 Å². The van der Waals surface area contributed by atoms with Crippen LogP contribution in [0.2, 0.25) is 0 Å². The zero-order chi connectivity index (χ0) is 27.3. The third-order valence-electron chi connectivity index (χ3n) is 6.62. The average Bonchev–Trinajstić information content (AvgIpc) is 3.67. The maximum atomic E-state index is 13.8. The van der Waals surface area contributed by atoms with Crippen LogP contribution >= 0.6 is 0 Å². The van der Waals surface area contributed by atoms with E-state index in [1.807, 2.05) is 103 Å². The third-order valence-corrected chi connectivity index (χ3v) is 6.62. The van der Waals surface area contributed by atoms with Gasteiger partial charge in [0, 0.05) is 17.2 Å². The van der Waals surface area contributed by atoms with E-state index in [-0.39, 0.29) is 24.9 Å². The van der Waals surface area contributed by atoms with Crippen LogP contribution in [-0.4, -0.2) is 33.0 Å². The van der Waals surface area contributed by atoms with E-state index in [4.69, 9.17) is 9.52 Å². The Morgan fingerprint density at radius 2 is 1.52 bits per heavy atom. The lowest BCUT2D eigenvalue weighted by Crippen LogP contribution is -2.37. The topological polar surface area (TPSA) is 80.4 Å². The largest absolute Gasteiger partial charge is 0.467 e. The molecule has 0 radical (unpaired) electrons. The highest BCUT2D eigenvalue weighted by atomic mass is 16.3. The second-order valence-electron chi connectivity index (χ2n) is 9.34. The van der Waals surface area contributed by atoms with Crippen molar-refractivity contribution in [2.75, 3.05) is 11.9 Å². The standard InChI is InChI=1S/C33H26N4O3/c38-32(34-31-21-30(25-12-3-1-4-13-25)35-37(31)26-15-5-2-6-16-26)23-36(22-27-17-10-20-40-27)33(39)29-19-9-14-24-11-7-8-18-28(24)29/h1-21H,22-23H2,(H,34,38). The second-order valence-corrected chi connectivity index (χ2v) is 9.34. The SMILES string of the molecule is O=C(CN(Cc1ccco1)C(=O)c1cccc2ccccc12)Nc1cc(-c2ccccc2)nn1-c1ccccc1. The molecule has 4 aromatic carbocycles. The van der Waals surface area contributed by atoms with Gasteiger partial charge in [0.05, 0.1) is 24.2 Å². The molecule has 6 aromatic rings. The number of carbonyl (C=O) groups excluding carboxylic acids is 2. The first-order valence-corrected chi connectivity index (χ1v) is 13.0. The summed E-state index contributed by atoms with van der Waals surface area (Å²) in [5.41, 5.74) is 2.98. The molecule has 0 saturated carbocycles. The third kappa shape index (κ3) is 5.26. The number of para-hydroxylation sites is 1. The van der Waals surface area contributed by atoms with E-state index in [0.29, 0.717) is 17.1 Å². The molecule has 40 heavy (non-hydrogen) atoms. The molecule has 1 N–H and O–H groups in total. The molecule has 0 aliphatic rings. The van der Waals surface area contributed by atoms with Crippen molar-refractivity contribution in [3.63, 3.8) is 0 Å². The zero-order valence-corrected chi connectivity index (χ0v) is 21.6. The van der Waals surface area contributed by atoms with Gasteiger partial charge >= 0.3 is 0 Å². The van der Waals surface area contributed by atoms with Gasteiger partial charge in [-0.25, -0.2) is 4.68 Å². The van der Waals surface area contributed by atoms with Crippen molar-refractivity contribution in [1.82, 2.24) is 14.7 Å². The van der Waals surface area contributed by atoms with E-state index >= 15 is 0 Å². The van der Waals surface area contributed by atoms with Gasteiger partial charge in [0.2, 0.25) is 5.91 Å². The fourth-order valence-corrected chi connectivity index (χ4v) is 4.71. The van der Waals surface area contributed by atoms with Crippen LogP contribution in [0.15, 0.2) is 132 Å². The Bertz CT molecular complexity index is 1750.